The summed E-state index contributed by atoms with van der Waals surface area (Å²) in [6.07, 6.45) is 0. The number of hydrogen-bond acceptors (Lipinski definition) is 2. The molecular weight excluding hydrogens is 150 g/mol. The Morgan fingerprint density at radius 2 is 2.00 bits per heavy atom. The summed E-state index contributed by atoms with van der Waals surface area (Å²) in [5.74, 6) is 0. The van der Waals surface area contributed by atoms with E-state index in [4.69, 9.17) is 9.90 Å². The summed E-state index contributed by atoms with van der Waals surface area (Å²) >= 11 is 0. The Kier molecular flexibility index (Phi) is 8.06. The number of hydrogen-bond donors (Lipinski definition) is 1. The molecule has 4 heteroatoms. The fourth-order valence-corrected chi connectivity index (χ4v) is 0. The molecule has 0 saturated carbocycles. The van der Waals surface area contributed by atoms with E-state index in [9.17, 15) is 4.39 Å². The summed E-state index contributed by atoms with van der Waals surface area (Å²) in [6, 6.07) is -1.69. The monoisotopic (exact) mass is 156 g/mol. The molecule has 0 aromatic carbocycles. The molecule has 0 fully saturated rings. The molecule has 0 saturated heterocycles. The molecule has 38 valence electrons. The van der Waals surface area contributed by atoms with Crippen molar-refractivity contribution in [2.75, 3.05) is 6.61 Å². The summed E-state index contributed by atoms with van der Waals surface area (Å²) in [5.41, 5.74) is 0. The van der Waals surface area contributed by atoms with Gasteiger partial charge in [-0.05, 0) is 0 Å². The number of halogens is 1. The van der Waals surface area contributed by atoms with Gasteiger partial charge in [0.15, 0.2) is 0 Å². The van der Waals surface area contributed by atoms with Crippen LogP contribution >= 0.6 is 0 Å². The van der Waals surface area contributed by atoms with Crippen LogP contribution in [0.5, 0.6) is 0 Å². The Balaban J connectivity index is 0. The molecule has 0 aliphatic carbocycles. The Morgan fingerprint density at radius 1 is 1.83 bits per heavy atom. The molecule has 6 heavy (non-hydrogen) atoms. The molecule has 0 spiro atoms. The van der Waals surface area contributed by atoms with Gasteiger partial charge in [0.2, 0.25) is 0 Å². The van der Waals surface area contributed by atoms with Crippen molar-refractivity contribution < 1.29 is 14.3 Å². The van der Waals surface area contributed by atoms with Gasteiger partial charge in [-0.3, -0.25) is 4.79 Å². The van der Waals surface area contributed by atoms with E-state index >= 15 is 0 Å². The van der Waals surface area contributed by atoms with Crippen LogP contribution in [0.25, 0.3) is 0 Å². The molecule has 0 rings (SSSR count). The van der Waals surface area contributed by atoms with E-state index in [1.165, 1.54) is 0 Å². The first kappa shape index (κ1) is 9.45. The molecule has 0 heterocycles. The molecule has 0 aromatic heterocycles. The van der Waals surface area contributed by atoms with Crippen LogP contribution in [0.15, 0.2) is 0 Å². The van der Waals surface area contributed by atoms with Gasteiger partial charge in [-0.2, -0.15) is 4.39 Å². The molecule has 1 unspecified atom stereocenters. The van der Waals surface area contributed by atoms with Crippen LogP contribution in [0, 0.1) is 0 Å². The van der Waals surface area contributed by atoms with E-state index < -0.39 is 12.6 Å². The fraction of sp³-hybridized carbons (Fsp3) is 0.500. The predicted octanol–water partition coefficient (Wildman–Crippen LogP) is -1.71. The summed E-state index contributed by atoms with van der Waals surface area (Å²) in [6.45, 7) is -1.00. The number of rotatable bonds is 1. The van der Waals surface area contributed by atoms with Gasteiger partial charge in [0.05, 0.1) is 0 Å². The van der Waals surface area contributed by atoms with E-state index in [0.717, 1.165) is 0 Å². The molecule has 2 nitrogen and oxygen atoms in total. The standard InChI is InChI=1S/C2H3FO2.AsH3/c3-2(5)1-4;/h4H,1H2;1H3. The Labute approximate surface area is 45.7 Å². The fourth-order valence-electron chi connectivity index (χ4n) is 0. The van der Waals surface area contributed by atoms with E-state index in [1.54, 1.807) is 0 Å². The van der Waals surface area contributed by atoms with Crippen molar-refractivity contribution in [1.29, 1.82) is 0 Å². The van der Waals surface area contributed by atoms with Crippen molar-refractivity contribution in [3.8, 4) is 0 Å². The number of aliphatic hydroxyl groups excluding tert-OH is 1. The maximum absolute atomic E-state index is 10.5. The van der Waals surface area contributed by atoms with Crippen molar-refractivity contribution in [2.24, 2.45) is 0 Å². The van der Waals surface area contributed by atoms with Crippen molar-refractivity contribution in [3.63, 3.8) is 0 Å². The molecule has 1 atom stereocenters. The maximum atomic E-state index is 10.5. The first-order valence-corrected chi connectivity index (χ1v) is 1.06. The molecule has 0 aliphatic rings. The SMILES string of the molecule is O=C(F)CO.[AsH3]. The molecular formula is C2H6AsFO2. The van der Waals surface area contributed by atoms with Gasteiger partial charge >= 0.3 is 24.0 Å². The molecule has 0 aromatic rings. The summed E-state index contributed by atoms with van der Waals surface area (Å²) in [7, 11) is 0. The molecule has 0 radical (unpaired) electrons. The van der Waals surface area contributed by atoms with E-state index in [2.05, 4.69) is 0 Å². The van der Waals surface area contributed by atoms with Crippen LogP contribution in [-0.2, 0) is 4.79 Å². The van der Waals surface area contributed by atoms with E-state index in [1.807, 2.05) is 0 Å². The van der Waals surface area contributed by atoms with Crippen molar-refractivity contribution >= 4 is 24.0 Å². The van der Waals surface area contributed by atoms with E-state index in [0.29, 0.717) is 0 Å². The second kappa shape index (κ2) is 5.12. The molecule has 0 amide bonds. The topological polar surface area (TPSA) is 37.3 Å². The summed E-state index contributed by atoms with van der Waals surface area (Å²) in [5, 5.41) is 7.42. The molecule has 0 aliphatic heterocycles. The third-order valence-corrected chi connectivity index (χ3v) is 0.124. The Hall–Kier alpha value is 0.118. The first-order chi connectivity index (χ1) is 2.27. The number of carbonyl (C=O) groups excluding carboxylic acids is 1. The van der Waals surface area contributed by atoms with Crippen molar-refractivity contribution in [1.82, 2.24) is 0 Å². The third kappa shape index (κ3) is 8.92. The van der Waals surface area contributed by atoms with Gasteiger partial charge in [-0.1, -0.05) is 0 Å². The second-order valence-corrected chi connectivity index (χ2v) is 0.513. The zero-order valence-electron chi connectivity index (χ0n) is 3.15. The number of carbonyl (C=O) groups is 1. The van der Waals surface area contributed by atoms with Gasteiger partial charge < -0.3 is 5.11 Å². The number of aliphatic hydroxyl groups is 1. The van der Waals surface area contributed by atoms with Gasteiger partial charge in [0.25, 0.3) is 0 Å². The van der Waals surface area contributed by atoms with Crippen LogP contribution < -0.4 is 0 Å². The second-order valence-electron chi connectivity index (χ2n) is 0.513. The quantitative estimate of drug-likeness (QED) is 0.362. The van der Waals surface area contributed by atoms with Gasteiger partial charge in [0, 0.05) is 0 Å². The Morgan fingerprint density at radius 3 is 2.00 bits per heavy atom. The van der Waals surface area contributed by atoms with Gasteiger partial charge in [-0.25, -0.2) is 0 Å². The van der Waals surface area contributed by atoms with Crippen LogP contribution in [0.3, 0.4) is 0 Å². The van der Waals surface area contributed by atoms with Crippen LogP contribution in [0.1, 0.15) is 0 Å². The zero-order chi connectivity index (χ0) is 4.28. The molecule has 1 N–H and O–H groups in total. The third-order valence-electron chi connectivity index (χ3n) is 0.124. The minimum atomic E-state index is -1.69. The van der Waals surface area contributed by atoms with Crippen molar-refractivity contribution in [3.05, 3.63) is 0 Å². The molecule has 0 bridgehead atoms. The summed E-state index contributed by atoms with van der Waals surface area (Å²) < 4.78 is 10.5. The first-order valence-electron chi connectivity index (χ1n) is 1.06. The van der Waals surface area contributed by atoms with E-state index in [-0.39, 0.29) is 18.0 Å². The van der Waals surface area contributed by atoms with Gasteiger partial charge in [-0.15, -0.1) is 0 Å². The Bertz CT molecular complexity index is 46.8. The average Bonchev–Trinajstić information content (AvgIpc) is 1.38. The summed E-state index contributed by atoms with van der Waals surface area (Å²) in [4.78, 5) is 8.90. The van der Waals surface area contributed by atoms with Crippen molar-refractivity contribution in [2.45, 2.75) is 0 Å². The zero-order valence-corrected chi connectivity index (χ0v) is 6.11. The van der Waals surface area contributed by atoms with Gasteiger partial charge in [0.1, 0.15) is 6.61 Å². The average molecular weight is 156 g/mol. The normalized spacial score (nSPS) is 6.33. The van der Waals surface area contributed by atoms with Crippen LogP contribution in [0.2, 0.25) is 0 Å². The minimum absolute atomic E-state index is 0. The van der Waals surface area contributed by atoms with Crippen LogP contribution in [0.4, 0.5) is 4.39 Å². The van der Waals surface area contributed by atoms with Crippen LogP contribution in [-0.4, -0.2) is 35.7 Å². The predicted molar refractivity (Wildman–Crippen MR) is 23.1 cm³/mol.